The molecule has 0 saturated carbocycles. The van der Waals surface area contributed by atoms with Crippen molar-refractivity contribution in [2.75, 3.05) is 32.4 Å². The quantitative estimate of drug-likeness (QED) is 0.170. The van der Waals surface area contributed by atoms with Gasteiger partial charge in [-0.15, -0.1) is 35.7 Å². The molecule has 1 fully saturated rings. The minimum Gasteiger partial charge on any atom is -0.356 e. The van der Waals surface area contributed by atoms with E-state index in [1.807, 2.05) is 30.3 Å². The zero-order chi connectivity index (χ0) is 20.5. The number of halogens is 1. The molecule has 9 heteroatoms. The van der Waals surface area contributed by atoms with E-state index in [9.17, 15) is 8.42 Å². The van der Waals surface area contributed by atoms with Crippen LogP contribution in [-0.2, 0) is 16.6 Å². The van der Waals surface area contributed by atoms with Crippen molar-refractivity contribution in [3.05, 3.63) is 60.2 Å². The second-order valence-corrected chi connectivity index (χ2v) is 9.88. The predicted molar refractivity (Wildman–Crippen MR) is 135 cm³/mol. The Hall–Kier alpha value is -1.30. The van der Waals surface area contributed by atoms with Crippen LogP contribution in [0.15, 0.2) is 69.4 Å². The van der Waals surface area contributed by atoms with Crippen molar-refractivity contribution in [2.24, 2.45) is 4.99 Å². The maximum Gasteiger partial charge on any atom is 0.243 e. The van der Waals surface area contributed by atoms with E-state index in [2.05, 4.69) is 27.8 Å². The highest BCUT2D eigenvalue weighted by Crippen LogP contribution is 2.21. The summed E-state index contributed by atoms with van der Waals surface area (Å²) in [7, 11) is -1.61. The van der Waals surface area contributed by atoms with E-state index >= 15 is 0 Å². The lowest BCUT2D eigenvalue weighted by Crippen LogP contribution is -2.37. The summed E-state index contributed by atoms with van der Waals surface area (Å²) in [5.41, 5.74) is 1.01. The van der Waals surface area contributed by atoms with Crippen molar-refractivity contribution in [1.82, 2.24) is 14.9 Å². The van der Waals surface area contributed by atoms with Gasteiger partial charge in [0.15, 0.2) is 5.96 Å². The molecule has 0 spiro atoms. The molecule has 1 saturated heterocycles. The molecular weight excluding hydrogens is 531 g/mol. The maximum absolute atomic E-state index is 12.6. The lowest BCUT2D eigenvalue weighted by molar-refractivity contribution is 0.477. The topological polar surface area (TPSA) is 73.8 Å². The maximum atomic E-state index is 12.6. The first-order valence-electron chi connectivity index (χ1n) is 9.81. The van der Waals surface area contributed by atoms with Gasteiger partial charge in [0.25, 0.3) is 0 Å². The summed E-state index contributed by atoms with van der Waals surface area (Å²) in [6, 6.07) is 17.4. The van der Waals surface area contributed by atoms with Crippen molar-refractivity contribution in [2.45, 2.75) is 29.2 Å². The number of nitrogens with zero attached hydrogens (tertiary/aromatic N) is 2. The molecule has 0 aliphatic carbocycles. The Kier molecular flexibility index (Phi) is 10.4. The van der Waals surface area contributed by atoms with E-state index in [0.29, 0.717) is 24.5 Å². The van der Waals surface area contributed by atoms with Gasteiger partial charge in [-0.25, -0.2) is 8.42 Å². The van der Waals surface area contributed by atoms with E-state index in [0.717, 1.165) is 36.7 Å². The zero-order valence-electron chi connectivity index (χ0n) is 17.1. The van der Waals surface area contributed by atoms with E-state index in [-0.39, 0.29) is 24.0 Å². The summed E-state index contributed by atoms with van der Waals surface area (Å²) in [6.45, 7) is 2.62. The summed E-state index contributed by atoms with van der Waals surface area (Å²) in [4.78, 5) is 5.85. The first-order chi connectivity index (χ1) is 14.1. The Morgan fingerprint density at radius 3 is 2.33 bits per heavy atom. The van der Waals surface area contributed by atoms with Crippen molar-refractivity contribution < 1.29 is 8.42 Å². The van der Waals surface area contributed by atoms with Gasteiger partial charge in [0.2, 0.25) is 10.0 Å². The van der Waals surface area contributed by atoms with E-state index in [4.69, 9.17) is 0 Å². The van der Waals surface area contributed by atoms with E-state index < -0.39 is 10.0 Å². The van der Waals surface area contributed by atoms with E-state index in [1.54, 1.807) is 35.2 Å². The summed E-state index contributed by atoms with van der Waals surface area (Å²) in [6.07, 6.45) is 1.88. The molecule has 1 heterocycles. The summed E-state index contributed by atoms with van der Waals surface area (Å²) in [5.74, 6) is 1.67. The van der Waals surface area contributed by atoms with E-state index in [1.165, 1.54) is 4.90 Å². The summed E-state index contributed by atoms with van der Waals surface area (Å²) < 4.78 is 26.7. The Balaban J connectivity index is 0.00000320. The Morgan fingerprint density at radius 1 is 1.03 bits per heavy atom. The van der Waals surface area contributed by atoms with Gasteiger partial charge in [0, 0.05) is 43.9 Å². The first kappa shape index (κ1) is 25.0. The largest absolute Gasteiger partial charge is 0.356 e. The average Bonchev–Trinajstić information content (AvgIpc) is 3.30. The highest BCUT2D eigenvalue weighted by atomic mass is 127. The third kappa shape index (κ3) is 7.14. The van der Waals surface area contributed by atoms with Gasteiger partial charge < -0.3 is 10.6 Å². The zero-order valence-corrected chi connectivity index (χ0v) is 21.0. The smallest absolute Gasteiger partial charge is 0.243 e. The number of guanidine groups is 1. The average molecular weight is 561 g/mol. The van der Waals surface area contributed by atoms with Gasteiger partial charge in [0.05, 0.1) is 4.90 Å². The number of rotatable bonds is 8. The molecule has 0 atom stereocenters. The molecule has 2 N–H and O–H groups in total. The number of sulfonamides is 1. The number of nitrogens with one attached hydrogen (secondary N) is 2. The van der Waals surface area contributed by atoms with Gasteiger partial charge in [-0.2, -0.15) is 4.31 Å². The molecule has 1 aliphatic rings. The SMILES string of the molecule is CN=C(NCCSc1ccccc1)NCc1ccc(S(=O)(=O)N2CCCC2)cc1.I. The number of thioether (sulfide) groups is 1. The molecule has 164 valence electrons. The van der Waals surface area contributed by atoms with Crippen molar-refractivity contribution in [1.29, 1.82) is 0 Å². The lowest BCUT2D eigenvalue weighted by Gasteiger charge is -2.16. The second-order valence-electron chi connectivity index (χ2n) is 6.77. The Labute approximate surface area is 201 Å². The number of aliphatic imine (C=N–C) groups is 1. The fraction of sp³-hybridized carbons (Fsp3) is 0.381. The third-order valence-electron chi connectivity index (χ3n) is 4.72. The van der Waals surface area contributed by atoms with Gasteiger partial charge >= 0.3 is 0 Å². The Morgan fingerprint density at radius 2 is 1.70 bits per heavy atom. The van der Waals surface area contributed by atoms with Gasteiger partial charge in [-0.05, 0) is 42.7 Å². The molecule has 2 aromatic rings. The van der Waals surface area contributed by atoms with Crippen molar-refractivity contribution in [3.8, 4) is 0 Å². The molecule has 6 nitrogen and oxygen atoms in total. The molecule has 0 radical (unpaired) electrons. The van der Waals surface area contributed by atoms with Crippen LogP contribution in [0.25, 0.3) is 0 Å². The van der Waals surface area contributed by atoms with Crippen LogP contribution >= 0.6 is 35.7 Å². The summed E-state index contributed by atoms with van der Waals surface area (Å²) in [5, 5.41) is 6.57. The lowest BCUT2D eigenvalue weighted by atomic mass is 10.2. The second kappa shape index (κ2) is 12.5. The minimum absolute atomic E-state index is 0. The minimum atomic E-state index is -3.35. The standard InChI is InChI=1S/C21H28N4O2S2.HI/c1-22-21(23-13-16-28-19-7-3-2-4-8-19)24-17-18-9-11-20(12-10-18)29(26,27)25-14-5-6-15-25;/h2-4,7-12H,5-6,13-17H2,1H3,(H2,22,23,24);1H. The summed E-state index contributed by atoms with van der Waals surface area (Å²) >= 11 is 1.80. The van der Waals surface area contributed by atoms with Crippen LogP contribution in [0, 0.1) is 0 Å². The van der Waals surface area contributed by atoms with Gasteiger partial charge in [-0.1, -0.05) is 30.3 Å². The van der Waals surface area contributed by atoms with Crippen LogP contribution in [0.1, 0.15) is 18.4 Å². The first-order valence-corrected chi connectivity index (χ1v) is 12.2. The van der Waals surface area contributed by atoms with Crippen LogP contribution in [0.2, 0.25) is 0 Å². The molecule has 30 heavy (non-hydrogen) atoms. The van der Waals surface area contributed by atoms with Gasteiger partial charge in [-0.3, -0.25) is 4.99 Å². The van der Waals surface area contributed by atoms with Crippen molar-refractivity contribution >= 4 is 51.7 Å². The fourth-order valence-electron chi connectivity index (χ4n) is 3.12. The van der Waals surface area contributed by atoms with Crippen LogP contribution in [-0.4, -0.2) is 51.1 Å². The molecule has 0 bridgehead atoms. The number of hydrogen-bond acceptors (Lipinski definition) is 4. The normalized spacial score (nSPS) is 14.9. The molecule has 3 rings (SSSR count). The van der Waals surface area contributed by atoms with Crippen LogP contribution < -0.4 is 10.6 Å². The molecule has 0 unspecified atom stereocenters. The molecular formula is C21H29IN4O2S2. The highest BCUT2D eigenvalue weighted by Gasteiger charge is 2.26. The van der Waals surface area contributed by atoms with Crippen LogP contribution in [0.3, 0.4) is 0 Å². The fourth-order valence-corrected chi connectivity index (χ4v) is 5.42. The molecule has 0 amide bonds. The monoisotopic (exact) mass is 560 g/mol. The third-order valence-corrected chi connectivity index (χ3v) is 7.64. The number of benzene rings is 2. The number of hydrogen-bond donors (Lipinski definition) is 2. The highest BCUT2D eigenvalue weighted by molar-refractivity contribution is 14.0. The van der Waals surface area contributed by atoms with Crippen LogP contribution in [0.5, 0.6) is 0 Å². The molecule has 0 aromatic heterocycles. The Bertz CT molecular complexity index is 900. The van der Waals surface area contributed by atoms with Crippen LogP contribution in [0.4, 0.5) is 0 Å². The predicted octanol–water partition coefficient (Wildman–Crippen LogP) is 3.55. The van der Waals surface area contributed by atoms with Crippen molar-refractivity contribution in [3.63, 3.8) is 0 Å². The van der Waals surface area contributed by atoms with Gasteiger partial charge in [0.1, 0.15) is 0 Å². The molecule has 2 aromatic carbocycles. The molecule has 1 aliphatic heterocycles.